The van der Waals surface area contributed by atoms with Gasteiger partial charge in [-0.15, -0.1) is 0 Å². The molecule has 0 saturated carbocycles. The summed E-state index contributed by atoms with van der Waals surface area (Å²) in [5.41, 5.74) is 1.75. The first-order valence-corrected chi connectivity index (χ1v) is 9.53. The Morgan fingerprint density at radius 2 is 1.70 bits per heavy atom. The molecule has 5 nitrogen and oxygen atoms in total. The van der Waals surface area contributed by atoms with E-state index in [2.05, 4.69) is 5.32 Å². The summed E-state index contributed by atoms with van der Waals surface area (Å²) in [5, 5.41) is 2.74. The molecular formula is C22H20F3N3O2. The van der Waals surface area contributed by atoms with Crippen molar-refractivity contribution in [3.8, 4) is 0 Å². The third-order valence-electron chi connectivity index (χ3n) is 5.52. The van der Waals surface area contributed by atoms with E-state index in [1.165, 1.54) is 17.0 Å². The molecule has 0 bridgehead atoms. The van der Waals surface area contributed by atoms with Gasteiger partial charge in [0.05, 0.1) is 29.4 Å². The maximum absolute atomic E-state index is 13.1. The number of hydrogen-bond acceptors (Lipinski definition) is 2. The van der Waals surface area contributed by atoms with Crippen LogP contribution in [0.2, 0.25) is 0 Å². The van der Waals surface area contributed by atoms with E-state index in [4.69, 9.17) is 0 Å². The molecule has 2 aromatic rings. The Balaban J connectivity index is 1.59. The van der Waals surface area contributed by atoms with Crippen molar-refractivity contribution in [1.82, 2.24) is 15.1 Å². The topological polar surface area (TPSA) is 52.7 Å². The van der Waals surface area contributed by atoms with E-state index in [0.29, 0.717) is 36.3 Å². The van der Waals surface area contributed by atoms with Crippen LogP contribution in [0.5, 0.6) is 0 Å². The minimum Gasteiger partial charge on any atom is -0.333 e. The van der Waals surface area contributed by atoms with Crippen LogP contribution >= 0.6 is 0 Å². The number of alkyl halides is 3. The zero-order valence-corrected chi connectivity index (χ0v) is 16.2. The summed E-state index contributed by atoms with van der Waals surface area (Å²) >= 11 is 0. The molecule has 156 valence electrons. The van der Waals surface area contributed by atoms with Crippen LogP contribution in [-0.2, 0) is 17.4 Å². The first-order valence-electron chi connectivity index (χ1n) is 9.53. The molecule has 2 aliphatic rings. The van der Waals surface area contributed by atoms with Gasteiger partial charge in [0.25, 0.3) is 5.91 Å². The average Bonchev–Trinajstić information content (AvgIpc) is 3.06. The van der Waals surface area contributed by atoms with Crippen LogP contribution < -0.4 is 5.32 Å². The summed E-state index contributed by atoms with van der Waals surface area (Å²) in [5.74, 6) is -0.210. The molecule has 0 radical (unpaired) electrons. The fraction of sp³-hybridized carbons (Fsp3) is 0.273. The van der Waals surface area contributed by atoms with Gasteiger partial charge in [-0.1, -0.05) is 42.5 Å². The first-order chi connectivity index (χ1) is 14.3. The highest BCUT2D eigenvalue weighted by Crippen LogP contribution is 2.37. The van der Waals surface area contributed by atoms with Gasteiger partial charge in [-0.3, -0.25) is 9.69 Å². The zero-order valence-electron chi connectivity index (χ0n) is 16.2. The predicted molar refractivity (Wildman–Crippen MR) is 104 cm³/mol. The normalized spacial score (nSPS) is 19.3. The molecule has 0 saturated heterocycles. The second-order valence-electron chi connectivity index (χ2n) is 7.38. The summed E-state index contributed by atoms with van der Waals surface area (Å²) in [7, 11) is 1.58. The highest BCUT2D eigenvalue weighted by Gasteiger charge is 2.42. The van der Waals surface area contributed by atoms with Crippen LogP contribution in [-0.4, -0.2) is 41.9 Å². The Kier molecular flexibility index (Phi) is 5.01. The largest absolute Gasteiger partial charge is 0.416 e. The van der Waals surface area contributed by atoms with E-state index in [0.717, 1.165) is 17.7 Å². The Labute approximate surface area is 171 Å². The number of nitrogens with zero attached hydrogens (tertiary/aromatic N) is 2. The SMILES string of the molecule is CN1C(=O)NC(c2ccc(C(F)(F)F)cc2)C2=C1CN(CCc1ccccc1)C2=O. The van der Waals surface area contributed by atoms with Gasteiger partial charge >= 0.3 is 12.2 Å². The lowest BCUT2D eigenvalue weighted by Gasteiger charge is -2.31. The van der Waals surface area contributed by atoms with Crippen molar-refractivity contribution in [2.24, 2.45) is 0 Å². The molecule has 30 heavy (non-hydrogen) atoms. The van der Waals surface area contributed by atoms with Gasteiger partial charge in [0.15, 0.2) is 0 Å². The first kappa shape index (κ1) is 20.0. The summed E-state index contributed by atoms with van der Waals surface area (Å²) in [6.45, 7) is 0.777. The number of carbonyl (C=O) groups is 2. The Bertz CT molecular complexity index is 1000. The van der Waals surface area contributed by atoms with Gasteiger partial charge in [0.2, 0.25) is 0 Å². The van der Waals surface area contributed by atoms with Crippen LogP contribution in [0, 0.1) is 0 Å². The monoisotopic (exact) mass is 415 g/mol. The molecule has 1 unspecified atom stereocenters. The standard InChI is InChI=1S/C22H20F3N3O2/c1-27-17-13-28(12-11-14-5-3-2-4-6-14)20(29)18(17)19(26-21(27)30)15-7-9-16(10-8-15)22(23,24)25/h2-10,19H,11-13H2,1H3,(H,26,30). The lowest BCUT2D eigenvalue weighted by Crippen LogP contribution is -2.45. The molecule has 0 spiro atoms. The van der Waals surface area contributed by atoms with Gasteiger partial charge in [0.1, 0.15) is 0 Å². The van der Waals surface area contributed by atoms with Crippen molar-refractivity contribution in [2.45, 2.75) is 18.6 Å². The molecule has 2 aliphatic heterocycles. The smallest absolute Gasteiger partial charge is 0.333 e. The number of rotatable bonds is 4. The highest BCUT2D eigenvalue weighted by molar-refractivity contribution is 6.01. The van der Waals surface area contributed by atoms with E-state index in [1.54, 1.807) is 11.9 Å². The van der Waals surface area contributed by atoms with Gasteiger partial charge in [-0.25, -0.2) is 4.79 Å². The maximum atomic E-state index is 13.1. The molecule has 2 aromatic carbocycles. The fourth-order valence-corrected chi connectivity index (χ4v) is 3.83. The fourth-order valence-electron chi connectivity index (χ4n) is 3.83. The van der Waals surface area contributed by atoms with E-state index in [9.17, 15) is 22.8 Å². The molecule has 0 aromatic heterocycles. The van der Waals surface area contributed by atoms with Crippen molar-refractivity contribution in [2.75, 3.05) is 20.1 Å². The van der Waals surface area contributed by atoms with Crippen molar-refractivity contribution >= 4 is 11.9 Å². The highest BCUT2D eigenvalue weighted by atomic mass is 19.4. The van der Waals surface area contributed by atoms with E-state index in [-0.39, 0.29) is 5.91 Å². The van der Waals surface area contributed by atoms with Gasteiger partial charge < -0.3 is 10.2 Å². The number of benzene rings is 2. The molecular weight excluding hydrogens is 395 g/mol. The summed E-state index contributed by atoms with van der Waals surface area (Å²) in [6, 6.07) is 13.1. The number of halogens is 3. The van der Waals surface area contributed by atoms with Crippen molar-refractivity contribution < 1.29 is 22.8 Å². The molecule has 1 N–H and O–H groups in total. The Hall–Kier alpha value is -3.29. The molecule has 8 heteroatoms. The van der Waals surface area contributed by atoms with Crippen molar-refractivity contribution in [3.05, 3.63) is 82.6 Å². The third-order valence-corrected chi connectivity index (χ3v) is 5.52. The number of urea groups is 1. The lowest BCUT2D eigenvalue weighted by molar-refractivity contribution is -0.137. The molecule has 0 fully saturated rings. The summed E-state index contributed by atoms with van der Waals surface area (Å²) in [4.78, 5) is 28.6. The van der Waals surface area contributed by atoms with Gasteiger partial charge in [-0.2, -0.15) is 13.2 Å². The summed E-state index contributed by atoms with van der Waals surface area (Å²) in [6.07, 6.45) is -3.78. The molecule has 3 amide bonds. The predicted octanol–water partition coefficient (Wildman–Crippen LogP) is 3.74. The number of carbonyl (C=O) groups excluding carboxylic acids is 2. The van der Waals surface area contributed by atoms with Crippen LogP contribution in [0.3, 0.4) is 0 Å². The Morgan fingerprint density at radius 3 is 2.33 bits per heavy atom. The second kappa shape index (κ2) is 7.51. The third kappa shape index (κ3) is 3.65. The van der Waals surface area contributed by atoms with Crippen LogP contribution in [0.4, 0.5) is 18.0 Å². The number of likely N-dealkylation sites (N-methyl/N-ethyl adjacent to an activating group) is 1. The van der Waals surface area contributed by atoms with Crippen molar-refractivity contribution in [3.63, 3.8) is 0 Å². The van der Waals surface area contributed by atoms with Crippen molar-refractivity contribution in [1.29, 1.82) is 0 Å². The maximum Gasteiger partial charge on any atom is 0.416 e. The van der Waals surface area contributed by atoms with Crippen LogP contribution in [0.15, 0.2) is 65.9 Å². The van der Waals surface area contributed by atoms with Crippen LogP contribution in [0.1, 0.15) is 22.7 Å². The number of hydrogen-bond donors (Lipinski definition) is 1. The zero-order chi connectivity index (χ0) is 21.5. The van der Waals surface area contributed by atoms with Gasteiger partial charge in [0, 0.05) is 13.6 Å². The second-order valence-corrected chi connectivity index (χ2v) is 7.38. The molecule has 1 atom stereocenters. The average molecular weight is 415 g/mol. The summed E-state index contributed by atoms with van der Waals surface area (Å²) < 4.78 is 38.6. The number of amides is 3. The number of nitrogens with one attached hydrogen (secondary N) is 1. The molecule has 0 aliphatic carbocycles. The lowest BCUT2D eigenvalue weighted by atomic mass is 9.95. The molecule has 2 heterocycles. The Morgan fingerprint density at radius 1 is 1.03 bits per heavy atom. The minimum atomic E-state index is -4.45. The van der Waals surface area contributed by atoms with Crippen LogP contribution in [0.25, 0.3) is 0 Å². The van der Waals surface area contributed by atoms with Gasteiger partial charge in [-0.05, 0) is 29.7 Å². The van der Waals surface area contributed by atoms with E-state index < -0.39 is 23.8 Å². The quantitative estimate of drug-likeness (QED) is 0.827. The van der Waals surface area contributed by atoms with E-state index in [1.807, 2.05) is 30.3 Å². The van der Waals surface area contributed by atoms with E-state index >= 15 is 0 Å². The minimum absolute atomic E-state index is 0.210. The molecule has 4 rings (SSSR count).